The second-order valence-electron chi connectivity index (χ2n) is 4.61. The zero-order chi connectivity index (χ0) is 10.8. The van der Waals surface area contributed by atoms with E-state index in [4.69, 9.17) is 4.74 Å². The summed E-state index contributed by atoms with van der Waals surface area (Å²) in [5, 5.41) is 2.88. The molecule has 0 aromatic rings. The number of carbonyl (C=O) groups excluding carboxylic acids is 1. The van der Waals surface area contributed by atoms with Gasteiger partial charge in [0.25, 0.3) is 0 Å². The number of nitrogens with zero attached hydrogens (tertiary/aromatic N) is 1. The summed E-state index contributed by atoms with van der Waals surface area (Å²) in [6, 6.07) is 0. The van der Waals surface area contributed by atoms with Crippen LogP contribution in [0.5, 0.6) is 0 Å². The van der Waals surface area contributed by atoms with Crippen LogP contribution in [-0.4, -0.2) is 31.5 Å². The zero-order valence-electron chi connectivity index (χ0n) is 9.32. The summed E-state index contributed by atoms with van der Waals surface area (Å²) >= 11 is 0. The van der Waals surface area contributed by atoms with Crippen LogP contribution in [0, 0.1) is 17.8 Å². The summed E-state index contributed by atoms with van der Waals surface area (Å²) in [6.45, 7) is 6.57. The molecule has 1 N–H and O–H groups in total. The van der Waals surface area contributed by atoms with Crippen molar-refractivity contribution >= 4 is 11.8 Å². The molecule has 2 heterocycles. The third-order valence-electron chi connectivity index (χ3n) is 3.13. The highest BCUT2D eigenvalue weighted by atomic mass is 16.5. The molecule has 0 spiro atoms. The molecular weight excluding hydrogens is 192 g/mol. The van der Waals surface area contributed by atoms with Gasteiger partial charge in [-0.05, 0) is 11.8 Å². The smallest absolute Gasteiger partial charge is 0.220 e. The van der Waals surface area contributed by atoms with Crippen LogP contribution in [0.4, 0.5) is 0 Å². The van der Waals surface area contributed by atoms with E-state index in [1.807, 2.05) is 0 Å². The summed E-state index contributed by atoms with van der Waals surface area (Å²) in [4.78, 5) is 15.6. The van der Waals surface area contributed by atoms with Crippen molar-refractivity contribution in [2.45, 2.75) is 20.3 Å². The molecule has 0 radical (unpaired) electrons. The van der Waals surface area contributed by atoms with E-state index in [9.17, 15) is 4.79 Å². The average molecular weight is 210 g/mol. The summed E-state index contributed by atoms with van der Waals surface area (Å²) < 4.78 is 5.53. The van der Waals surface area contributed by atoms with Crippen molar-refractivity contribution in [1.29, 1.82) is 0 Å². The number of rotatable bonds is 3. The lowest BCUT2D eigenvalue weighted by molar-refractivity contribution is -0.119. The Bertz CT molecular complexity index is 286. The number of aliphatic imine (C=N–C) groups is 1. The topological polar surface area (TPSA) is 50.7 Å². The molecular formula is C11H18N2O2. The molecule has 1 amide bonds. The summed E-state index contributed by atoms with van der Waals surface area (Å²) in [5.41, 5.74) is 0. The SMILES string of the molecule is CC(C)C(C1=NCCO1)C1CNC(=O)C1. The molecule has 2 unspecified atom stereocenters. The molecule has 0 aromatic heterocycles. The predicted octanol–water partition coefficient (Wildman–Crippen LogP) is 0.823. The Labute approximate surface area is 90.1 Å². The Morgan fingerprint density at radius 1 is 1.53 bits per heavy atom. The van der Waals surface area contributed by atoms with E-state index in [0.29, 0.717) is 30.8 Å². The first-order valence-electron chi connectivity index (χ1n) is 5.62. The summed E-state index contributed by atoms with van der Waals surface area (Å²) in [5.74, 6) is 2.15. The van der Waals surface area contributed by atoms with Gasteiger partial charge in [0.15, 0.2) is 5.90 Å². The van der Waals surface area contributed by atoms with Crippen LogP contribution in [0.25, 0.3) is 0 Å². The van der Waals surface area contributed by atoms with Crippen molar-refractivity contribution in [3.8, 4) is 0 Å². The minimum absolute atomic E-state index is 0.157. The first-order valence-corrected chi connectivity index (χ1v) is 5.62. The molecule has 4 heteroatoms. The Morgan fingerprint density at radius 2 is 2.33 bits per heavy atom. The molecule has 4 nitrogen and oxygen atoms in total. The van der Waals surface area contributed by atoms with E-state index in [1.165, 1.54) is 0 Å². The molecule has 2 aliphatic heterocycles. The van der Waals surface area contributed by atoms with Crippen LogP contribution >= 0.6 is 0 Å². The van der Waals surface area contributed by atoms with E-state index in [1.54, 1.807) is 0 Å². The molecule has 1 saturated heterocycles. The highest BCUT2D eigenvalue weighted by molar-refractivity contribution is 5.83. The fourth-order valence-corrected chi connectivity index (χ4v) is 2.47. The maximum absolute atomic E-state index is 11.2. The van der Waals surface area contributed by atoms with Gasteiger partial charge in [0.1, 0.15) is 6.61 Å². The monoisotopic (exact) mass is 210 g/mol. The number of carbonyl (C=O) groups is 1. The van der Waals surface area contributed by atoms with Crippen LogP contribution in [0.1, 0.15) is 20.3 Å². The van der Waals surface area contributed by atoms with Crippen molar-refractivity contribution in [2.24, 2.45) is 22.7 Å². The van der Waals surface area contributed by atoms with E-state index < -0.39 is 0 Å². The zero-order valence-corrected chi connectivity index (χ0v) is 9.32. The number of nitrogens with one attached hydrogen (secondary N) is 1. The molecule has 0 bridgehead atoms. The fourth-order valence-electron chi connectivity index (χ4n) is 2.47. The Hall–Kier alpha value is -1.06. The van der Waals surface area contributed by atoms with Crippen molar-refractivity contribution in [2.75, 3.05) is 19.7 Å². The molecule has 1 fully saturated rings. The standard InChI is InChI=1S/C11H18N2O2/c1-7(2)10(11-12-3-4-15-11)8-5-9(14)13-6-8/h7-8,10H,3-6H2,1-2H3,(H,13,14). The minimum Gasteiger partial charge on any atom is -0.479 e. The average Bonchev–Trinajstić information content (AvgIpc) is 2.77. The highest BCUT2D eigenvalue weighted by Crippen LogP contribution is 2.29. The normalized spacial score (nSPS) is 27.5. The van der Waals surface area contributed by atoms with Crippen LogP contribution in [-0.2, 0) is 9.53 Å². The van der Waals surface area contributed by atoms with E-state index in [-0.39, 0.29) is 5.91 Å². The molecule has 0 aliphatic carbocycles. The second kappa shape index (κ2) is 4.21. The Kier molecular flexibility index (Phi) is 2.93. The first-order chi connectivity index (χ1) is 7.18. The molecule has 2 rings (SSSR count). The molecule has 15 heavy (non-hydrogen) atoms. The largest absolute Gasteiger partial charge is 0.479 e. The Morgan fingerprint density at radius 3 is 2.80 bits per heavy atom. The third kappa shape index (κ3) is 2.13. The summed E-state index contributed by atoms with van der Waals surface area (Å²) in [7, 11) is 0. The predicted molar refractivity (Wildman–Crippen MR) is 57.7 cm³/mol. The van der Waals surface area contributed by atoms with Gasteiger partial charge in [-0.2, -0.15) is 0 Å². The molecule has 0 aromatic carbocycles. The first kappa shape index (κ1) is 10.5. The molecule has 2 aliphatic rings. The van der Waals surface area contributed by atoms with Crippen molar-refractivity contribution in [1.82, 2.24) is 5.32 Å². The van der Waals surface area contributed by atoms with E-state index in [0.717, 1.165) is 19.0 Å². The van der Waals surface area contributed by atoms with Gasteiger partial charge in [0.2, 0.25) is 5.91 Å². The lowest BCUT2D eigenvalue weighted by Gasteiger charge is -2.25. The van der Waals surface area contributed by atoms with Gasteiger partial charge in [-0.25, -0.2) is 0 Å². The lowest BCUT2D eigenvalue weighted by Crippen LogP contribution is -2.30. The second-order valence-corrected chi connectivity index (χ2v) is 4.61. The number of ether oxygens (including phenoxy) is 1. The van der Waals surface area contributed by atoms with Gasteiger partial charge < -0.3 is 10.1 Å². The van der Waals surface area contributed by atoms with Gasteiger partial charge in [-0.3, -0.25) is 9.79 Å². The van der Waals surface area contributed by atoms with Crippen molar-refractivity contribution in [3.63, 3.8) is 0 Å². The van der Waals surface area contributed by atoms with E-state index >= 15 is 0 Å². The van der Waals surface area contributed by atoms with Crippen molar-refractivity contribution in [3.05, 3.63) is 0 Å². The van der Waals surface area contributed by atoms with Crippen molar-refractivity contribution < 1.29 is 9.53 Å². The fraction of sp³-hybridized carbons (Fsp3) is 0.818. The Balaban J connectivity index is 2.09. The quantitative estimate of drug-likeness (QED) is 0.750. The van der Waals surface area contributed by atoms with E-state index in [2.05, 4.69) is 24.2 Å². The van der Waals surface area contributed by atoms with Gasteiger partial charge in [0.05, 0.1) is 6.54 Å². The van der Waals surface area contributed by atoms with Gasteiger partial charge in [-0.1, -0.05) is 13.8 Å². The van der Waals surface area contributed by atoms with Gasteiger partial charge >= 0.3 is 0 Å². The van der Waals surface area contributed by atoms with Crippen LogP contribution in [0.2, 0.25) is 0 Å². The third-order valence-corrected chi connectivity index (χ3v) is 3.13. The van der Waals surface area contributed by atoms with Crippen LogP contribution in [0.15, 0.2) is 4.99 Å². The number of hydrogen-bond acceptors (Lipinski definition) is 3. The highest BCUT2D eigenvalue weighted by Gasteiger charge is 2.36. The molecule has 84 valence electrons. The molecule has 0 saturated carbocycles. The van der Waals surface area contributed by atoms with Crippen LogP contribution in [0.3, 0.4) is 0 Å². The molecule has 2 atom stereocenters. The van der Waals surface area contributed by atoms with Crippen LogP contribution < -0.4 is 5.32 Å². The number of amides is 1. The van der Waals surface area contributed by atoms with Gasteiger partial charge in [-0.15, -0.1) is 0 Å². The number of hydrogen-bond donors (Lipinski definition) is 1. The maximum atomic E-state index is 11.2. The maximum Gasteiger partial charge on any atom is 0.220 e. The minimum atomic E-state index is 0.157. The van der Waals surface area contributed by atoms with Gasteiger partial charge in [0, 0.05) is 18.9 Å². The lowest BCUT2D eigenvalue weighted by atomic mass is 9.82. The summed E-state index contributed by atoms with van der Waals surface area (Å²) in [6.07, 6.45) is 0.616.